The first-order valence-electron chi connectivity index (χ1n) is 6.59. The molecule has 0 heterocycles. The van der Waals surface area contributed by atoms with Gasteiger partial charge in [0, 0.05) is 21.2 Å². The molecule has 0 saturated heterocycles. The Kier molecular flexibility index (Phi) is 5.79. The van der Waals surface area contributed by atoms with Crippen LogP contribution in [0.2, 0.25) is 5.02 Å². The summed E-state index contributed by atoms with van der Waals surface area (Å²) in [6.45, 7) is 2.28. The van der Waals surface area contributed by atoms with Crippen molar-refractivity contribution in [2.24, 2.45) is 0 Å². The quantitative estimate of drug-likeness (QED) is 0.823. The van der Waals surface area contributed by atoms with Gasteiger partial charge in [0.1, 0.15) is 0 Å². The van der Waals surface area contributed by atoms with Crippen molar-refractivity contribution in [2.75, 3.05) is 11.9 Å². The van der Waals surface area contributed by atoms with Gasteiger partial charge in [-0.05, 0) is 48.9 Å². The summed E-state index contributed by atoms with van der Waals surface area (Å²) in [7, 11) is 0. The van der Waals surface area contributed by atoms with Crippen molar-refractivity contribution in [1.29, 1.82) is 0 Å². The molecule has 2 aromatic carbocycles. The number of amides is 1. The minimum Gasteiger partial charge on any atom is -0.325 e. The highest BCUT2D eigenvalue weighted by Crippen LogP contribution is 2.16. The van der Waals surface area contributed by atoms with E-state index in [-0.39, 0.29) is 18.5 Å². The average molecular weight is 368 g/mol. The van der Waals surface area contributed by atoms with Crippen molar-refractivity contribution in [1.82, 2.24) is 5.32 Å². The minimum absolute atomic E-state index is 0.0821. The predicted octanol–water partition coefficient (Wildman–Crippen LogP) is 4.39. The summed E-state index contributed by atoms with van der Waals surface area (Å²) in [6.07, 6.45) is 0. The van der Waals surface area contributed by atoms with E-state index in [1.165, 1.54) is 0 Å². The molecular weight excluding hydrogens is 352 g/mol. The highest BCUT2D eigenvalue weighted by molar-refractivity contribution is 9.10. The van der Waals surface area contributed by atoms with Gasteiger partial charge in [-0.2, -0.15) is 0 Å². The van der Waals surface area contributed by atoms with E-state index in [0.717, 1.165) is 15.7 Å². The van der Waals surface area contributed by atoms with Gasteiger partial charge in [-0.25, -0.2) is 0 Å². The molecular formula is C16H16BrClN2O. The number of benzene rings is 2. The number of anilines is 1. The molecule has 0 aliphatic rings. The van der Waals surface area contributed by atoms with Gasteiger partial charge in [-0.1, -0.05) is 39.7 Å². The van der Waals surface area contributed by atoms with Crippen LogP contribution in [0.3, 0.4) is 0 Å². The molecule has 21 heavy (non-hydrogen) atoms. The van der Waals surface area contributed by atoms with Crippen LogP contribution < -0.4 is 10.6 Å². The fourth-order valence-electron chi connectivity index (χ4n) is 1.85. The van der Waals surface area contributed by atoms with Gasteiger partial charge in [0.05, 0.1) is 6.54 Å². The summed E-state index contributed by atoms with van der Waals surface area (Å²) >= 11 is 9.21. The number of halogens is 2. The Morgan fingerprint density at radius 1 is 1.14 bits per heavy atom. The molecule has 110 valence electrons. The first kappa shape index (κ1) is 16.0. The molecule has 0 saturated carbocycles. The highest BCUT2D eigenvalue weighted by Gasteiger charge is 2.08. The fraction of sp³-hybridized carbons (Fsp3) is 0.188. The van der Waals surface area contributed by atoms with Gasteiger partial charge >= 0.3 is 0 Å². The van der Waals surface area contributed by atoms with Crippen LogP contribution in [0.5, 0.6) is 0 Å². The van der Waals surface area contributed by atoms with Crippen LogP contribution in [0.4, 0.5) is 5.69 Å². The van der Waals surface area contributed by atoms with Crippen molar-refractivity contribution >= 4 is 39.1 Å². The van der Waals surface area contributed by atoms with Crippen molar-refractivity contribution in [3.8, 4) is 0 Å². The molecule has 5 heteroatoms. The molecule has 0 spiro atoms. The first-order valence-corrected chi connectivity index (χ1v) is 7.76. The van der Waals surface area contributed by atoms with Crippen molar-refractivity contribution in [3.05, 3.63) is 63.6 Å². The number of nitrogens with one attached hydrogen (secondary N) is 2. The van der Waals surface area contributed by atoms with E-state index < -0.39 is 0 Å². The van der Waals surface area contributed by atoms with Crippen molar-refractivity contribution < 1.29 is 4.79 Å². The molecule has 2 N–H and O–H groups in total. The zero-order valence-corrected chi connectivity index (χ0v) is 13.9. The maximum absolute atomic E-state index is 11.9. The summed E-state index contributed by atoms with van der Waals surface area (Å²) < 4.78 is 1.04. The predicted molar refractivity (Wildman–Crippen MR) is 90.6 cm³/mol. The normalized spacial score (nSPS) is 12.0. The summed E-state index contributed by atoms with van der Waals surface area (Å²) in [5.74, 6) is -0.0821. The molecule has 1 amide bonds. The molecule has 2 rings (SSSR count). The summed E-state index contributed by atoms with van der Waals surface area (Å²) in [5.41, 5.74) is 1.87. The second-order valence-electron chi connectivity index (χ2n) is 4.71. The van der Waals surface area contributed by atoms with E-state index in [1.807, 2.05) is 31.2 Å². The lowest BCUT2D eigenvalue weighted by atomic mass is 10.1. The highest BCUT2D eigenvalue weighted by atomic mass is 79.9. The van der Waals surface area contributed by atoms with Gasteiger partial charge in [0.15, 0.2) is 0 Å². The van der Waals surface area contributed by atoms with E-state index in [2.05, 4.69) is 26.6 Å². The van der Waals surface area contributed by atoms with E-state index in [9.17, 15) is 4.79 Å². The zero-order chi connectivity index (χ0) is 15.2. The fourth-order valence-corrected chi connectivity index (χ4v) is 2.24. The SMILES string of the molecule is C[C@@H](NCC(=O)Nc1ccc(Cl)cc1)c1ccc(Br)cc1. The second kappa shape index (κ2) is 7.59. The standard InChI is InChI=1S/C16H16BrClN2O/c1-11(12-2-4-13(17)5-3-12)19-10-16(21)20-15-8-6-14(18)7-9-15/h2-9,11,19H,10H2,1H3,(H,20,21)/t11-/m1/s1. The van der Waals surface area contributed by atoms with Gasteiger partial charge in [0.25, 0.3) is 0 Å². The van der Waals surface area contributed by atoms with E-state index >= 15 is 0 Å². The Labute approximate surface area is 137 Å². The molecule has 0 bridgehead atoms. The number of carbonyl (C=O) groups excluding carboxylic acids is 1. The van der Waals surface area contributed by atoms with Gasteiger partial charge in [-0.3, -0.25) is 4.79 Å². The lowest BCUT2D eigenvalue weighted by Gasteiger charge is -2.14. The molecule has 0 aliphatic heterocycles. The second-order valence-corrected chi connectivity index (χ2v) is 6.06. The number of rotatable bonds is 5. The lowest BCUT2D eigenvalue weighted by molar-refractivity contribution is -0.115. The van der Waals surface area contributed by atoms with Crippen LogP contribution in [0, 0.1) is 0 Å². The molecule has 0 aliphatic carbocycles. The average Bonchev–Trinajstić information content (AvgIpc) is 2.48. The van der Waals surface area contributed by atoms with E-state index in [4.69, 9.17) is 11.6 Å². The summed E-state index contributed by atoms with van der Waals surface area (Å²) in [6, 6.07) is 15.2. The third kappa shape index (κ3) is 5.16. The Balaban J connectivity index is 1.83. The molecule has 3 nitrogen and oxygen atoms in total. The van der Waals surface area contributed by atoms with Crippen LogP contribution in [-0.4, -0.2) is 12.5 Å². The van der Waals surface area contributed by atoms with Crippen LogP contribution in [0.25, 0.3) is 0 Å². The molecule has 0 unspecified atom stereocenters. The van der Waals surface area contributed by atoms with E-state index in [1.54, 1.807) is 24.3 Å². The van der Waals surface area contributed by atoms with Crippen LogP contribution in [0.15, 0.2) is 53.0 Å². The Morgan fingerprint density at radius 2 is 1.76 bits per heavy atom. The topological polar surface area (TPSA) is 41.1 Å². The Bertz CT molecular complexity index is 599. The third-order valence-electron chi connectivity index (χ3n) is 3.07. The largest absolute Gasteiger partial charge is 0.325 e. The number of carbonyl (C=O) groups is 1. The van der Waals surface area contributed by atoms with Crippen LogP contribution in [-0.2, 0) is 4.79 Å². The number of hydrogen-bond donors (Lipinski definition) is 2. The minimum atomic E-state index is -0.0821. The molecule has 0 aromatic heterocycles. The summed E-state index contributed by atoms with van der Waals surface area (Å²) in [5, 5.41) is 6.66. The molecule has 0 radical (unpaired) electrons. The zero-order valence-electron chi connectivity index (χ0n) is 11.6. The molecule has 1 atom stereocenters. The van der Waals surface area contributed by atoms with E-state index in [0.29, 0.717) is 5.02 Å². The van der Waals surface area contributed by atoms with Crippen LogP contribution >= 0.6 is 27.5 Å². The molecule has 2 aromatic rings. The van der Waals surface area contributed by atoms with Gasteiger partial charge < -0.3 is 10.6 Å². The Hall–Kier alpha value is -1.36. The van der Waals surface area contributed by atoms with Crippen LogP contribution in [0.1, 0.15) is 18.5 Å². The monoisotopic (exact) mass is 366 g/mol. The third-order valence-corrected chi connectivity index (χ3v) is 3.85. The summed E-state index contributed by atoms with van der Waals surface area (Å²) in [4.78, 5) is 11.9. The maximum atomic E-state index is 11.9. The smallest absolute Gasteiger partial charge is 0.238 e. The van der Waals surface area contributed by atoms with Gasteiger partial charge in [-0.15, -0.1) is 0 Å². The number of hydrogen-bond acceptors (Lipinski definition) is 2. The lowest BCUT2D eigenvalue weighted by Crippen LogP contribution is -2.30. The van der Waals surface area contributed by atoms with Crippen molar-refractivity contribution in [2.45, 2.75) is 13.0 Å². The Morgan fingerprint density at radius 3 is 2.38 bits per heavy atom. The first-order chi connectivity index (χ1) is 10.0. The molecule has 0 fully saturated rings. The van der Waals surface area contributed by atoms with Crippen molar-refractivity contribution in [3.63, 3.8) is 0 Å². The maximum Gasteiger partial charge on any atom is 0.238 e. The van der Waals surface area contributed by atoms with Gasteiger partial charge in [0.2, 0.25) is 5.91 Å².